The van der Waals surface area contributed by atoms with E-state index in [1.54, 1.807) is 25.1 Å². The third-order valence-corrected chi connectivity index (χ3v) is 5.20. The number of hydrogen-bond donors (Lipinski definition) is 0. The fourth-order valence-corrected chi connectivity index (χ4v) is 4.07. The Hall–Kier alpha value is -2.06. The van der Waals surface area contributed by atoms with Gasteiger partial charge in [-0.05, 0) is 19.1 Å². The quantitative estimate of drug-likeness (QED) is 0.340. The van der Waals surface area contributed by atoms with Gasteiger partial charge < -0.3 is 4.74 Å². The van der Waals surface area contributed by atoms with Gasteiger partial charge in [0.2, 0.25) is 11.8 Å². The Bertz CT molecular complexity index is 807. The lowest BCUT2D eigenvalue weighted by atomic mass is 9.78. The number of carbonyl (C=O) groups is 2. The molecule has 4 rings (SSSR count). The van der Waals surface area contributed by atoms with Gasteiger partial charge in [0, 0.05) is 10.5 Å². The Labute approximate surface area is 139 Å². The number of nitro groups is 1. The highest BCUT2D eigenvalue weighted by Gasteiger charge is 2.66. The van der Waals surface area contributed by atoms with Crippen LogP contribution < -0.4 is 4.90 Å². The van der Waals surface area contributed by atoms with Crippen LogP contribution in [0.3, 0.4) is 0 Å². The van der Waals surface area contributed by atoms with E-state index in [1.165, 1.54) is 12.1 Å². The number of carbonyl (C=O) groups excluding carboxylic acids is 2. The number of ether oxygens (including phenoxy) is 1. The number of benzene rings is 1. The number of nitro benzene ring substituents is 1. The van der Waals surface area contributed by atoms with E-state index in [2.05, 4.69) is 15.9 Å². The van der Waals surface area contributed by atoms with Gasteiger partial charge in [-0.25, -0.2) is 4.90 Å². The SMILES string of the molecule is C[C@]12C=C[C@H](O1)[C@@H]1C(=O)N(c3ccc(Br)cc3[N+](=O)[O-])C(=O)[C@@H]12. The van der Waals surface area contributed by atoms with Crippen molar-refractivity contribution in [3.05, 3.63) is 44.9 Å². The summed E-state index contributed by atoms with van der Waals surface area (Å²) in [5, 5.41) is 11.3. The Morgan fingerprint density at radius 3 is 2.74 bits per heavy atom. The van der Waals surface area contributed by atoms with Gasteiger partial charge >= 0.3 is 0 Å². The van der Waals surface area contributed by atoms with Crippen LogP contribution in [0.4, 0.5) is 11.4 Å². The molecule has 0 aromatic heterocycles. The molecular weight excluding hydrogens is 368 g/mol. The van der Waals surface area contributed by atoms with Crippen LogP contribution in [-0.2, 0) is 14.3 Å². The summed E-state index contributed by atoms with van der Waals surface area (Å²) in [5.41, 5.74) is -1.10. The van der Waals surface area contributed by atoms with E-state index in [-0.39, 0.29) is 11.4 Å². The van der Waals surface area contributed by atoms with Crippen LogP contribution in [0, 0.1) is 22.0 Å². The van der Waals surface area contributed by atoms with Crippen molar-refractivity contribution in [3.63, 3.8) is 0 Å². The van der Waals surface area contributed by atoms with Crippen molar-refractivity contribution < 1.29 is 19.2 Å². The summed E-state index contributed by atoms with van der Waals surface area (Å²) >= 11 is 3.17. The molecule has 0 radical (unpaired) electrons. The van der Waals surface area contributed by atoms with Crippen LogP contribution in [0.2, 0.25) is 0 Å². The number of imide groups is 1. The van der Waals surface area contributed by atoms with Gasteiger partial charge in [0.25, 0.3) is 5.69 Å². The van der Waals surface area contributed by atoms with E-state index < -0.39 is 40.3 Å². The average molecular weight is 379 g/mol. The van der Waals surface area contributed by atoms with Gasteiger partial charge in [-0.1, -0.05) is 28.1 Å². The largest absolute Gasteiger partial charge is 0.362 e. The van der Waals surface area contributed by atoms with Crippen molar-refractivity contribution in [3.8, 4) is 0 Å². The highest BCUT2D eigenvalue weighted by Crippen LogP contribution is 2.53. The van der Waals surface area contributed by atoms with Gasteiger partial charge in [-0.15, -0.1) is 0 Å². The molecule has 2 fully saturated rings. The predicted octanol–water partition coefficient (Wildman–Crippen LogP) is 2.19. The lowest BCUT2D eigenvalue weighted by Crippen LogP contribution is -2.38. The highest BCUT2D eigenvalue weighted by molar-refractivity contribution is 9.10. The smallest absolute Gasteiger partial charge is 0.294 e. The summed E-state index contributed by atoms with van der Waals surface area (Å²) in [6.45, 7) is 1.76. The van der Waals surface area contributed by atoms with Crippen LogP contribution >= 0.6 is 15.9 Å². The second kappa shape index (κ2) is 4.48. The third-order valence-electron chi connectivity index (χ3n) is 4.70. The van der Waals surface area contributed by atoms with Crippen molar-refractivity contribution in [2.45, 2.75) is 18.6 Å². The molecule has 0 unspecified atom stereocenters. The first-order chi connectivity index (χ1) is 10.8. The first kappa shape index (κ1) is 14.5. The molecule has 3 aliphatic rings. The van der Waals surface area contributed by atoms with E-state index in [9.17, 15) is 19.7 Å². The number of rotatable bonds is 2. The summed E-state index contributed by atoms with van der Waals surface area (Å²) in [7, 11) is 0. The Kier molecular flexibility index (Phi) is 2.83. The molecule has 118 valence electrons. The first-order valence-corrected chi connectivity index (χ1v) is 7.82. The molecule has 2 amide bonds. The first-order valence-electron chi connectivity index (χ1n) is 7.02. The molecule has 0 N–H and O–H groups in total. The van der Waals surface area contributed by atoms with Crippen molar-refractivity contribution in [1.82, 2.24) is 0 Å². The van der Waals surface area contributed by atoms with Crippen molar-refractivity contribution in [1.29, 1.82) is 0 Å². The second-order valence-electron chi connectivity index (χ2n) is 6.03. The number of hydrogen-bond acceptors (Lipinski definition) is 5. The molecule has 3 heterocycles. The topological polar surface area (TPSA) is 89.8 Å². The molecule has 0 saturated carbocycles. The number of fused-ring (bicyclic) bond motifs is 5. The van der Waals surface area contributed by atoms with Gasteiger partial charge in [-0.3, -0.25) is 19.7 Å². The number of amides is 2. The maximum absolute atomic E-state index is 12.8. The molecule has 23 heavy (non-hydrogen) atoms. The molecule has 3 aliphatic heterocycles. The summed E-state index contributed by atoms with van der Waals surface area (Å²) < 4.78 is 6.23. The summed E-state index contributed by atoms with van der Waals surface area (Å²) in [6, 6.07) is 4.27. The minimum Gasteiger partial charge on any atom is -0.362 e. The van der Waals surface area contributed by atoms with E-state index >= 15 is 0 Å². The lowest BCUT2D eigenvalue weighted by Gasteiger charge is -2.24. The van der Waals surface area contributed by atoms with Crippen LogP contribution in [0.1, 0.15) is 6.92 Å². The molecule has 2 bridgehead atoms. The number of anilines is 1. The molecule has 1 aromatic rings. The molecule has 7 nitrogen and oxygen atoms in total. The minimum atomic E-state index is -0.818. The van der Waals surface area contributed by atoms with Gasteiger partial charge in [0.1, 0.15) is 5.69 Å². The van der Waals surface area contributed by atoms with Crippen molar-refractivity contribution >= 4 is 39.1 Å². The number of halogens is 1. The lowest BCUT2D eigenvalue weighted by molar-refractivity contribution is -0.384. The van der Waals surface area contributed by atoms with E-state index in [4.69, 9.17) is 4.74 Å². The monoisotopic (exact) mass is 378 g/mol. The number of nitrogens with zero attached hydrogens (tertiary/aromatic N) is 2. The second-order valence-corrected chi connectivity index (χ2v) is 6.95. The fourth-order valence-electron chi connectivity index (χ4n) is 3.72. The summed E-state index contributed by atoms with van der Waals surface area (Å²) in [4.78, 5) is 37.2. The zero-order valence-electron chi connectivity index (χ0n) is 11.9. The molecule has 8 heteroatoms. The Morgan fingerprint density at radius 2 is 2.09 bits per heavy atom. The van der Waals surface area contributed by atoms with Crippen LogP contribution in [0.15, 0.2) is 34.8 Å². The van der Waals surface area contributed by atoms with Crippen molar-refractivity contribution in [2.24, 2.45) is 11.8 Å². The normalized spacial score (nSPS) is 34.3. The summed E-state index contributed by atoms with van der Waals surface area (Å²) in [5.74, 6) is -2.13. The Balaban J connectivity index is 1.83. The van der Waals surface area contributed by atoms with Gasteiger partial charge in [0.05, 0.1) is 28.5 Å². The maximum Gasteiger partial charge on any atom is 0.294 e. The molecule has 0 spiro atoms. The van der Waals surface area contributed by atoms with Gasteiger partial charge in [0.15, 0.2) is 0 Å². The van der Waals surface area contributed by atoms with Crippen LogP contribution in [-0.4, -0.2) is 28.4 Å². The maximum atomic E-state index is 12.8. The molecular formula is C15H11BrN2O5. The highest BCUT2D eigenvalue weighted by atomic mass is 79.9. The molecule has 0 aliphatic carbocycles. The van der Waals surface area contributed by atoms with Crippen LogP contribution in [0.5, 0.6) is 0 Å². The standard InChI is InChI=1S/C15H11BrN2O5/c1-15-5-4-10(23-15)11-12(15)14(20)17(13(11)19)8-3-2-7(16)6-9(8)18(21)22/h2-6,10-12H,1H3/t10-,11-,12+,15+/m0/s1. The Morgan fingerprint density at radius 1 is 1.35 bits per heavy atom. The zero-order valence-corrected chi connectivity index (χ0v) is 13.5. The average Bonchev–Trinajstić information content (AvgIpc) is 3.09. The minimum absolute atomic E-state index is 0.00519. The van der Waals surface area contributed by atoms with E-state index in [0.29, 0.717) is 4.47 Å². The molecule has 1 aromatic carbocycles. The molecule has 4 atom stereocenters. The van der Waals surface area contributed by atoms with Crippen molar-refractivity contribution in [2.75, 3.05) is 4.90 Å². The van der Waals surface area contributed by atoms with E-state index in [0.717, 1.165) is 4.90 Å². The van der Waals surface area contributed by atoms with E-state index in [1.807, 2.05) is 0 Å². The summed E-state index contributed by atoms with van der Waals surface area (Å²) in [6.07, 6.45) is 3.14. The molecule has 2 saturated heterocycles. The van der Waals surface area contributed by atoms with Crippen LogP contribution in [0.25, 0.3) is 0 Å². The van der Waals surface area contributed by atoms with Gasteiger partial charge in [-0.2, -0.15) is 0 Å². The third kappa shape index (κ3) is 1.79. The predicted molar refractivity (Wildman–Crippen MR) is 82.7 cm³/mol. The zero-order chi connectivity index (χ0) is 16.5. The fraction of sp³-hybridized carbons (Fsp3) is 0.333.